The minimum Gasteiger partial charge on any atom is -0.319 e. The van der Waals surface area contributed by atoms with Crippen LogP contribution < -0.4 is 5.32 Å². The highest BCUT2D eigenvalue weighted by molar-refractivity contribution is 7.99. The van der Waals surface area contributed by atoms with Crippen LogP contribution in [0, 0.1) is 5.92 Å². The molecule has 0 aliphatic carbocycles. The SMILES string of the molecule is CNCC(C)CN1CCSCC1C. The van der Waals surface area contributed by atoms with Gasteiger partial charge in [-0.1, -0.05) is 6.92 Å². The van der Waals surface area contributed by atoms with Crippen molar-refractivity contribution in [3.8, 4) is 0 Å². The van der Waals surface area contributed by atoms with Crippen molar-refractivity contribution in [3.63, 3.8) is 0 Å². The minimum absolute atomic E-state index is 0.774. The molecule has 0 aromatic rings. The second-order valence-electron chi connectivity index (χ2n) is 4.08. The summed E-state index contributed by atoms with van der Waals surface area (Å²) in [5.41, 5.74) is 0. The zero-order valence-corrected chi connectivity index (χ0v) is 9.86. The molecule has 0 spiro atoms. The van der Waals surface area contributed by atoms with Crippen molar-refractivity contribution < 1.29 is 0 Å². The molecule has 2 atom stereocenters. The molecule has 0 bridgehead atoms. The summed E-state index contributed by atoms with van der Waals surface area (Å²) in [6, 6.07) is 0.776. The molecular weight excluding hydrogens is 180 g/mol. The van der Waals surface area contributed by atoms with Crippen LogP contribution >= 0.6 is 11.8 Å². The summed E-state index contributed by atoms with van der Waals surface area (Å²) < 4.78 is 0. The minimum atomic E-state index is 0.774. The molecule has 0 amide bonds. The molecule has 1 fully saturated rings. The highest BCUT2D eigenvalue weighted by atomic mass is 32.2. The van der Waals surface area contributed by atoms with E-state index in [-0.39, 0.29) is 0 Å². The zero-order chi connectivity index (χ0) is 9.68. The number of rotatable bonds is 4. The first kappa shape index (κ1) is 11.3. The molecule has 0 aromatic heterocycles. The third-order valence-electron chi connectivity index (χ3n) is 2.60. The largest absolute Gasteiger partial charge is 0.319 e. The summed E-state index contributed by atoms with van der Waals surface area (Å²) in [5.74, 6) is 3.40. The fourth-order valence-corrected chi connectivity index (χ4v) is 2.93. The second kappa shape index (κ2) is 5.89. The average Bonchev–Trinajstić information content (AvgIpc) is 2.09. The van der Waals surface area contributed by atoms with E-state index >= 15 is 0 Å². The summed E-state index contributed by atoms with van der Waals surface area (Å²) in [5, 5.41) is 3.24. The lowest BCUT2D eigenvalue weighted by Crippen LogP contribution is -2.43. The van der Waals surface area contributed by atoms with Crippen molar-refractivity contribution in [2.45, 2.75) is 19.9 Å². The maximum absolute atomic E-state index is 3.24. The maximum Gasteiger partial charge on any atom is 0.0158 e. The summed E-state index contributed by atoms with van der Waals surface area (Å²) >= 11 is 2.09. The van der Waals surface area contributed by atoms with Gasteiger partial charge < -0.3 is 5.32 Å². The van der Waals surface area contributed by atoms with E-state index in [0.717, 1.165) is 18.5 Å². The monoisotopic (exact) mass is 202 g/mol. The summed E-state index contributed by atoms with van der Waals surface area (Å²) in [6.07, 6.45) is 0. The molecule has 2 unspecified atom stereocenters. The number of nitrogens with one attached hydrogen (secondary N) is 1. The third-order valence-corrected chi connectivity index (χ3v) is 3.79. The number of hydrogen-bond acceptors (Lipinski definition) is 3. The van der Waals surface area contributed by atoms with Crippen LogP contribution in [0.1, 0.15) is 13.8 Å². The van der Waals surface area contributed by atoms with Crippen LogP contribution in [0.25, 0.3) is 0 Å². The van der Waals surface area contributed by atoms with Crippen molar-refractivity contribution in [2.75, 3.05) is 38.2 Å². The average molecular weight is 202 g/mol. The lowest BCUT2D eigenvalue weighted by atomic mass is 10.1. The van der Waals surface area contributed by atoms with Crippen molar-refractivity contribution in [1.82, 2.24) is 10.2 Å². The Kier molecular flexibility index (Phi) is 5.14. The molecule has 1 saturated heterocycles. The van der Waals surface area contributed by atoms with Gasteiger partial charge in [-0.15, -0.1) is 0 Å². The smallest absolute Gasteiger partial charge is 0.0158 e. The molecule has 1 N–H and O–H groups in total. The second-order valence-corrected chi connectivity index (χ2v) is 5.23. The Labute approximate surface area is 86.5 Å². The maximum atomic E-state index is 3.24. The lowest BCUT2D eigenvalue weighted by Gasteiger charge is -2.34. The fraction of sp³-hybridized carbons (Fsp3) is 1.00. The van der Waals surface area contributed by atoms with Crippen molar-refractivity contribution >= 4 is 11.8 Å². The van der Waals surface area contributed by atoms with E-state index in [4.69, 9.17) is 0 Å². The molecule has 13 heavy (non-hydrogen) atoms. The van der Waals surface area contributed by atoms with E-state index in [1.165, 1.54) is 24.6 Å². The van der Waals surface area contributed by atoms with Crippen LogP contribution in [0.4, 0.5) is 0 Å². The van der Waals surface area contributed by atoms with Crippen LogP contribution in [0.3, 0.4) is 0 Å². The van der Waals surface area contributed by atoms with Crippen molar-refractivity contribution in [2.24, 2.45) is 5.92 Å². The van der Waals surface area contributed by atoms with Crippen LogP contribution in [0.5, 0.6) is 0 Å². The van der Waals surface area contributed by atoms with Crippen LogP contribution in [0.2, 0.25) is 0 Å². The van der Waals surface area contributed by atoms with E-state index in [2.05, 4.69) is 35.8 Å². The van der Waals surface area contributed by atoms with Crippen LogP contribution in [-0.2, 0) is 0 Å². The molecule has 1 aliphatic heterocycles. The van der Waals surface area contributed by atoms with Gasteiger partial charge in [0.05, 0.1) is 0 Å². The fourth-order valence-electron chi connectivity index (χ4n) is 1.85. The van der Waals surface area contributed by atoms with Crippen LogP contribution in [-0.4, -0.2) is 49.1 Å². The Morgan fingerprint density at radius 2 is 2.38 bits per heavy atom. The first-order valence-electron chi connectivity index (χ1n) is 5.20. The van der Waals surface area contributed by atoms with Crippen molar-refractivity contribution in [1.29, 1.82) is 0 Å². The predicted octanol–water partition coefficient (Wildman–Crippen LogP) is 1.28. The lowest BCUT2D eigenvalue weighted by molar-refractivity contribution is 0.201. The summed E-state index contributed by atoms with van der Waals surface area (Å²) in [4.78, 5) is 2.62. The first-order valence-corrected chi connectivity index (χ1v) is 6.36. The van der Waals surface area contributed by atoms with E-state index in [1.54, 1.807) is 0 Å². The van der Waals surface area contributed by atoms with E-state index < -0.39 is 0 Å². The van der Waals surface area contributed by atoms with Gasteiger partial charge in [0.2, 0.25) is 0 Å². The van der Waals surface area contributed by atoms with Gasteiger partial charge in [-0.05, 0) is 26.4 Å². The molecule has 3 heteroatoms. The van der Waals surface area contributed by atoms with Crippen LogP contribution in [0.15, 0.2) is 0 Å². The number of hydrogen-bond donors (Lipinski definition) is 1. The van der Waals surface area contributed by atoms with Gasteiger partial charge in [-0.3, -0.25) is 4.90 Å². The zero-order valence-electron chi connectivity index (χ0n) is 9.05. The van der Waals surface area contributed by atoms with Crippen molar-refractivity contribution in [3.05, 3.63) is 0 Å². The molecule has 78 valence electrons. The highest BCUT2D eigenvalue weighted by Gasteiger charge is 2.19. The highest BCUT2D eigenvalue weighted by Crippen LogP contribution is 2.16. The first-order chi connectivity index (χ1) is 6.24. The molecule has 2 nitrogen and oxygen atoms in total. The molecule has 1 heterocycles. The molecule has 0 saturated carbocycles. The molecule has 1 rings (SSSR count). The topological polar surface area (TPSA) is 15.3 Å². The van der Waals surface area contributed by atoms with Gasteiger partial charge in [0.25, 0.3) is 0 Å². The summed E-state index contributed by atoms with van der Waals surface area (Å²) in [6.45, 7) is 8.34. The third kappa shape index (κ3) is 3.88. The van der Waals surface area contributed by atoms with Gasteiger partial charge in [-0.25, -0.2) is 0 Å². The number of nitrogens with zero attached hydrogens (tertiary/aromatic N) is 1. The Morgan fingerprint density at radius 1 is 1.62 bits per heavy atom. The number of thioether (sulfide) groups is 1. The Hall–Kier alpha value is 0.270. The molecule has 1 aliphatic rings. The Balaban J connectivity index is 2.25. The predicted molar refractivity (Wildman–Crippen MR) is 61.5 cm³/mol. The standard InChI is InChI=1S/C10H22N2S/c1-9(6-11-3)7-12-4-5-13-8-10(12)2/h9-11H,4-8H2,1-3H3. The Morgan fingerprint density at radius 3 is 3.00 bits per heavy atom. The molecule has 0 radical (unpaired) electrons. The Bertz CT molecular complexity index is 141. The molecular formula is C10H22N2S. The van der Waals surface area contributed by atoms with Gasteiger partial charge in [0, 0.05) is 30.6 Å². The normalized spacial score (nSPS) is 27.5. The van der Waals surface area contributed by atoms with Gasteiger partial charge in [-0.2, -0.15) is 11.8 Å². The molecule has 0 aromatic carbocycles. The summed E-state index contributed by atoms with van der Waals surface area (Å²) in [7, 11) is 2.03. The van der Waals surface area contributed by atoms with E-state index in [0.29, 0.717) is 0 Å². The van der Waals surface area contributed by atoms with E-state index in [1.807, 2.05) is 7.05 Å². The van der Waals surface area contributed by atoms with Gasteiger partial charge in [0.1, 0.15) is 0 Å². The van der Waals surface area contributed by atoms with Gasteiger partial charge >= 0.3 is 0 Å². The van der Waals surface area contributed by atoms with Gasteiger partial charge in [0.15, 0.2) is 0 Å². The van der Waals surface area contributed by atoms with E-state index in [9.17, 15) is 0 Å². The quantitative estimate of drug-likeness (QED) is 0.739.